The lowest BCUT2D eigenvalue weighted by Gasteiger charge is -2.24. The van der Waals surface area contributed by atoms with Crippen molar-refractivity contribution >= 4 is 0 Å². The topological polar surface area (TPSA) is 64.9 Å². The number of rotatable bonds is 10. The maximum absolute atomic E-state index is 6.31. The highest BCUT2D eigenvalue weighted by atomic mass is 16.5. The number of aromatic nitrogens is 4. The van der Waals surface area contributed by atoms with Crippen molar-refractivity contribution < 1.29 is 4.74 Å². The van der Waals surface area contributed by atoms with Gasteiger partial charge in [0.05, 0.1) is 17.4 Å². The third kappa shape index (κ3) is 5.99. The van der Waals surface area contributed by atoms with Crippen LogP contribution in [0.4, 0.5) is 0 Å². The molecule has 0 spiro atoms. The summed E-state index contributed by atoms with van der Waals surface area (Å²) in [5.74, 6) is 1.49. The first kappa shape index (κ1) is 23.4. The van der Waals surface area contributed by atoms with Crippen LogP contribution in [-0.2, 0) is 12.8 Å². The van der Waals surface area contributed by atoms with Crippen molar-refractivity contribution in [3.63, 3.8) is 0 Å². The molecule has 1 aliphatic rings. The molecule has 2 aromatic heterocycles. The lowest BCUT2D eigenvalue weighted by atomic mass is 10.0. The third-order valence-corrected chi connectivity index (χ3v) is 6.37. The number of unbranched alkanes of at least 4 members (excludes halogenated alkanes) is 2. The number of piperidine rings is 1. The number of nitrogens with one attached hydrogen (secondary N) is 1. The summed E-state index contributed by atoms with van der Waals surface area (Å²) in [6, 6.07) is 13.0. The lowest BCUT2D eigenvalue weighted by Crippen LogP contribution is -2.30. The van der Waals surface area contributed by atoms with Crippen LogP contribution in [0.5, 0.6) is 11.6 Å². The molecule has 0 amide bonds. The fraction of sp³-hybridized carbons (Fsp3) is 0.519. The number of ether oxygens (including phenoxy) is 1. The Morgan fingerprint density at radius 2 is 1.70 bits per heavy atom. The molecular formula is C27H37N5O. The third-order valence-electron chi connectivity index (χ3n) is 6.37. The molecule has 1 N–H and O–H groups in total. The standard InChI is InChI=1S/C27H37N5O/c1-4-6-9-21-17-22(10-7-5-2)19-24(18-21)33-26-12-8-11-25(29-26)27-20(3)30-31-32(27)23-13-15-28-16-14-23/h8,11-12,17-19,23,28H,4-7,9-10,13-16H2,1-3H3. The summed E-state index contributed by atoms with van der Waals surface area (Å²) >= 11 is 0. The maximum atomic E-state index is 6.31. The van der Waals surface area contributed by atoms with Gasteiger partial charge in [-0.1, -0.05) is 44.0 Å². The quantitative estimate of drug-likeness (QED) is 0.410. The first-order valence-corrected chi connectivity index (χ1v) is 12.6. The highest BCUT2D eigenvalue weighted by Crippen LogP contribution is 2.30. The van der Waals surface area contributed by atoms with E-state index in [1.54, 1.807) is 0 Å². The highest BCUT2D eigenvalue weighted by Gasteiger charge is 2.22. The summed E-state index contributed by atoms with van der Waals surface area (Å²) in [5, 5.41) is 12.3. The van der Waals surface area contributed by atoms with Crippen molar-refractivity contribution in [1.29, 1.82) is 0 Å². The largest absolute Gasteiger partial charge is 0.439 e. The molecule has 0 bridgehead atoms. The van der Waals surface area contributed by atoms with Crippen LogP contribution in [0.3, 0.4) is 0 Å². The second-order valence-electron chi connectivity index (χ2n) is 9.10. The van der Waals surface area contributed by atoms with Gasteiger partial charge in [-0.25, -0.2) is 9.67 Å². The zero-order valence-electron chi connectivity index (χ0n) is 20.3. The lowest BCUT2D eigenvalue weighted by molar-refractivity contribution is 0.340. The van der Waals surface area contributed by atoms with Gasteiger partial charge in [-0.3, -0.25) is 0 Å². The number of aryl methyl sites for hydroxylation is 3. The molecule has 176 valence electrons. The molecule has 0 radical (unpaired) electrons. The second kappa shape index (κ2) is 11.4. The molecular weight excluding hydrogens is 410 g/mol. The first-order chi connectivity index (χ1) is 16.2. The highest BCUT2D eigenvalue weighted by molar-refractivity contribution is 5.58. The molecule has 1 aliphatic heterocycles. The van der Waals surface area contributed by atoms with Crippen LogP contribution in [-0.4, -0.2) is 33.1 Å². The van der Waals surface area contributed by atoms with Crippen molar-refractivity contribution in [3.05, 3.63) is 53.2 Å². The second-order valence-corrected chi connectivity index (χ2v) is 9.10. The molecule has 1 saturated heterocycles. The summed E-state index contributed by atoms with van der Waals surface area (Å²) in [5.41, 5.74) is 5.46. The van der Waals surface area contributed by atoms with E-state index in [0.29, 0.717) is 11.9 Å². The molecule has 4 rings (SSSR count). The van der Waals surface area contributed by atoms with Crippen LogP contribution >= 0.6 is 0 Å². The normalized spacial score (nSPS) is 14.5. The number of benzene rings is 1. The van der Waals surface area contributed by atoms with E-state index in [1.165, 1.54) is 36.8 Å². The molecule has 33 heavy (non-hydrogen) atoms. The van der Waals surface area contributed by atoms with Gasteiger partial charge in [0.2, 0.25) is 5.88 Å². The summed E-state index contributed by atoms with van der Waals surface area (Å²) in [6.45, 7) is 8.49. The average molecular weight is 448 g/mol. The van der Waals surface area contributed by atoms with Gasteiger partial charge in [0.1, 0.15) is 11.4 Å². The number of hydrogen-bond acceptors (Lipinski definition) is 5. The van der Waals surface area contributed by atoms with Crippen molar-refractivity contribution in [2.75, 3.05) is 13.1 Å². The fourth-order valence-electron chi connectivity index (χ4n) is 4.54. The van der Waals surface area contributed by atoms with E-state index in [0.717, 1.165) is 61.6 Å². The van der Waals surface area contributed by atoms with Gasteiger partial charge < -0.3 is 10.1 Å². The SMILES string of the molecule is CCCCc1cc(CCCC)cc(Oc2cccc(-c3c(C)nnn3C3CCNCC3)n2)c1. The molecule has 0 aliphatic carbocycles. The average Bonchev–Trinajstić information content (AvgIpc) is 3.23. The number of pyridine rings is 1. The molecule has 0 saturated carbocycles. The van der Waals surface area contributed by atoms with Crippen LogP contribution in [0.25, 0.3) is 11.4 Å². The summed E-state index contributed by atoms with van der Waals surface area (Å²) < 4.78 is 8.38. The Balaban J connectivity index is 1.60. The van der Waals surface area contributed by atoms with Crippen LogP contribution in [0.2, 0.25) is 0 Å². The van der Waals surface area contributed by atoms with Crippen LogP contribution in [0.1, 0.15) is 75.2 Å². The van der Waals surface area contributed by atoms with E-state index in [9.17, 15) is 0 Å². The molecule has 6 nitrogen and oxygen atoms in total. The van der Waals surface area contributed by atoms with Crippen molar-refractivity contribution in [3.8, 4) is 23.0 Å². The summed E-state index contributed by atoms with van der Waals surface area (Å²) in [7, 11) is 0. The fourth-order valence-corrected chi connectivity index (χ4v) is 4.54. The van der Waals surface area contributed by atoms with Gasteiger partial charge >= 0.3 is 0 Å². The minimum atomic E-state index is 0.352. The van der Waals surface area contributed by atoms with Crippen LogP contribution in [0.15, 0.2) is 36.4 Å². The summed E-state index contributed by atoms with van der Waals surface area (Å²) in [4.78, 5) is 4.87. The van der Waals surface area contributed by atoms with Gasteiger partial charge in [0, 0.05) is 6.07 Å². The smallest absolute Gasteiger partial charge is 0.219 e. The number of nitrogens with zero attached hydrogens (tertiary/aromatic N) is 4. The van der Waals surface area contributed by atoms with Gasteiger partial charge in [-0.15, -0.1) is 5.10 Å². The van der Waals surface area contributed by atoms with E-state index < -0.39 is 0 Å². The molecule has 1 aromatic carbocycles. The van der Waals surface area contributed by atoms with Crippen molar-refractivity contribution in [2.24, 2.45) is 0 Å². The molecule has 3 heterocycles. The van der Waals surface area contributed by atoms with E-state index in [4.69, 9.17) is 9.72 Å². The van der Waals surface area contributed by atoms with Gasteiger partial charge in [0.25, 0.3) is 0 Å². The minimum Gasteiger partial charge on any atom is -0.439 e. The zero-order valence-corrected chi connectivity index (χ0v) is 20.3. The van der Waals surface area contributed by atoms with E-state index >= 15 is 0 Å². The molecule has 0 unspecified atom stereocenters. The molecule has 1 fully saturated rings. The van der Waals surface area contributed by atoms with Crippen LogP contribution in [0, 0.1) is 6.92 Å². The Hall–Kier alpha value is -2.73. The Labute approximate surface area is 197 Å². The summed E-state index contributed by atoms with van der Waals surface area (Å²) in [6.07, 6.45) is 9.04. The van der Waals surface area contributed by atoms with E-state index in [1.807, 2.05) is 25.1 Å². The van der Waals surface area contributed by atoms with E-state index in [-0.39, 0.29) is 0 Å². The van der Waals surface area contributed by atoms with Gasteiger partial charge in [-0.05, 0) is 87.9 Å². The Kier molecular flexibility index (Phi) is 8.10. The van der Waals surface area contributed by atoms with Crippen molar-refractivity contribution in [2.45, 2.75) is 78.2 Å². The van der Waals surface area contributed by atoms with Crippen molar-refractivity contribution in [1.82, 2.24) is 25.3 Å². The molecule has 0 atom stereocenters. The Bertz CT molecular complexity index is 1010. The predicted octanol–water partition coefficient (Wildman–Crippen LogP) is 6.05. The maximum Gasteiger partial charge on any atom is 0.219 e. The van der Waals surface area contributed by atoms with Gasteiger partial charge in [0.15, 0.2) is 0 Å². The Morgan fingerprint density at radius 3 is 2.36 bits per heavy atom. The number of hydrogen-bond donors (Lipinski definition) is 1. The van der Waals surface area contributed by atoms with Gasteiger partial charge in [-0.2, -0.15) is 0 Å². The predicted molar refractivity (Wildman–Crippen MR) is 133 cm³/mol. The van der Waals surface area contributed by atoms with E-state index in [2.05, 4.69) is 52.4 Å². The zero-order chi connectivity index (χ0) is 23.0. The van der Waals surface area contributed by atoms with Crippen LogP contribution < -0.4 is 10.1 Å². The minimum absolute atomic E-state index is 0.352. The first-order valence-electron chi connectivity index (χ1n) is 12.6. The monoisotopic (exact) mass is 447 g/mol. The molecule has 3 aromatic rings. The Morgan fingerprint density at radius 1 is 1.00 bits per heavy atom. The molecule has 6 heteroatoms.